The Morgan fingerprint density at radius 2 is 1.96 bits per heavy atom. The van der Waals surface area contributed by atoms with Gasteiger partial charge in [0, 0.05) is 31.6 Å². The lowest BCUT2D eigenvalue weighted by Crippen LogP contribution is -2.45. The third-order valence-electron chi connectivity index (χ3n) is 5.94. The Labute approximate surface area is 160 Å². The number of primary amides is 1. The first-order valence-electron chi connectivity index (χ1n) is 9.77. The quantitative estimate of drug-likeness (QED) is 0.878. The number of rotatable bonds is 5. The number of carbonyl (C=O) groups excluding carboxylic acids is 1. The molecule has 1 atom stereocenters. The van der Waals surface area contributed by atoms with Gasteiger partial charge >= 0.3 is 0 Å². The molecule has 2 aliphatic rings. The van der Waals surface area contributed by atoms with Crippen LogP contribution in [0.25, 0.3) is 0 Å². The number of amides is 1. The minimum atomic E-state index is -0.525. The molecule has 0 aliphatic carbocycles. The van der Waals surface area contributed by atoms with Crippen molar-refractivity contribution in [2.45, 2.75) is 25.7 Å². The summed E-state index contributed by atoms with van der Waals surface area (Å²) in [7, 11) is 0. The minimum absolute atomic E-state index is 0.238. The molecule has 1 aromatic carbocycles. The van der Waals surface area contributed by atoms with E-state index in [0.717, 1.165) is 44.8 Å². The fraction of sp³-hybridized carbons (Fsp3) is 0.476. The normalized spacial score (nSPS) is 23.0. The van der Waals surface area contributed by atoms with Crippen LogP contribution in [0.1, 0.15) is 35.3 Å². The van der Waals surface area contributed by atoms with E-state index in [2.05, 4.69) is 50.1 Å². The molecule has 0 radical (unpaired) electrons. The number of hydrogen-bond donors (Lipinski definition) is 1. The Balaban J connectivity index is 1.39. The smallest absolute Gasteiger partial charge is 0.268 e. The summed E-state index contributed by atoms with van der Waals surface area (Å²) in [5, 5.41) is 0. The van der Waals surface area contributed by atoms with Crippen molar-refractivity contribution in [3.8, 4) is 0 Å². The van der Waals surface area contributed by atoms with Crippen LogP contribution in [-0.2, 0) is 6.42 Å². The molecule has 0 saturated carbocycles. The number of piperidine rings is 1. The van der Waals surface area contributed by atoms with Crippen LogP contribution in [0.3, 0.4) is 0 Å². The van der Waals surface area contributed by atoms with E-state index in [-0.39, 0.29) is 5.69 Å². The number of anilines is 1. The fourth-order valence-corrected chi connectivity index (χ4v) is 4.52. The molecule has 6 heteroatoms. The molecule has 2 N–H and O–H groups in total. The van der Waals surface area contributed by atoms with Crippen LogP contribution in [0.2, 0.25) is 0 Å². The van der Waals surface area contributed by atoms with E-state index in [1.165, 1.54) is 31.1 Å². The third kappa shape index (κ3) is 4.11. The lowest BCUT2D eigenvalue weighted by molar-refractivity contribution is 0.0995. The van der Waals surface area contributed by atoms with Crippen LogP contribution in [0, 0.1) is 5.41 Å². The van der Waals surface area contributed by atoms with Crippen molar-refractivity contribution in [3.05, 3.63) is 54.0 Å². The summed E-state index contributed by atoms with van der Waals surface area (Å²) >= 11 is 0. The first-order valence-corrected chi connectivity index (χ1v) is 9.77. The molecular weight excluding hydrogens is 338 g/mol. The summed E-state index contributed by atoms with van der Waals surface area (Å²) in [6, 6.07) is 10.7. The summed E-state index contributed by atoms with van der Waals surface area (Å²) in [6.07, 6.45) is 7.94. The van der Waals surface area contributed by atoms with E-state index in [1.54, 1.807) is 6.20 Å². The summed E-state index contributed by atoms with van der Waals surface area (Å²) in [4.78, 5) is 24.8. The molecule has 142 valence electrons. The van der Waals surface area contributed by atoms with Crippen LogP contribution in [0.15, 0.2) is 42.7 Å². The number of benzene rings is 1. The Morgan fingerprint density at radius 3 is 2.78 bits per heavy atom. The zero-order valence-electron chi connectivity index (χ0n) is 15.7. The second-order valence-electron chi connectivity index (χ2n) is 7.91. The molecule has 27 heavy (non-hydrogen) atoms. The zero-order valence-corrected chi connectivity index (χ0v) is 15.7. The summed E-state index contributed by atoms with van der Waals surface area (Å²) in [5.74, 6) is 0.243. The Morgan fingerprint density at radius 1 is 1.11 bits per heavy atom. The van der Waals surface area contributed by atoms with Gasteiger partial charge < -0.3 is 15.5 Å². The van der Waals surface area contributed by atoms with Gasteiger partial charge in [0.2, 0.25) is 0 Å². The molecule has 0 unspecified atom stereocenters. The van der Waals surface area contributed by atoms with E-state index >= 15 is 0 Å². The molecule has 2 fully saturated rings. The molecule has 2 aromatic rings. The molecule has 1 amide bonds. The van der Waals surface area contributed by atoms with Crippen LogP contribution < -0.4 is 10.6 Å². The van der Waals surface area contributed by atoms with Crippen molar-refractivity contribution in [2.24, 2.45) is 11.1 Å². The van der Waals surface area contributed by atoms with Gasteiger partial charge in [-0.25, -0.2) is 4.98 Å². The van der Waals surface area contributed by atoms with Gasteiger partial charge in [0.15, 0.2) is 0 Å². The van der Waals surface area contributed by atoms with E-state index in [1.807, 2.05) is 0 Å². The van der Waals surface area contributed by atoms with Gasteiger partial charge in [-0.05, 0) is 37.8 Å². The van der Waals surface area contributed by atoms with Crippen LogP contribution in [0.4, 0.5) is 5.82 Å². The molecule has 2 saturated heterocycles. The SMILES string of the molecule is NC(=O)c1cncc(N2CC[C@@]3(CCCN(CCc4ccccc4)C3)C2)n1. The average molecular weight is 365 g/mol. The third-order valence-corrected chi connectivity index (χ3v) is 5.94. The standard InChI is InChI=1S/C21H27N5O/c22-20(27)18-13-23-14-19(24-18)26-12-9-21(16-26)8-4-10-25(15-21)11-7-17-5-2-1-3-6-17/h1-3,5-6,13-14H,4,7-12,15-16H2,(H2,22,27)/t21-/m1/s1. The molecule has 3 heterocycles. The highest BCUT2D eigenvalue weighted by Crippen LogP contribution is 2.40. The summed E-state index contributed by atoms with van der Waals surface area (Å²) in [6.45, 7) is 5.38. The molecule has 1 spiro atoms. The van der Waals surface area contributed by atoms with Crippen molar-refractivity contribution in [1.29, 1.82) is 0 Å². The number of carbonyl (C=O) groups is 1. The Hall–Kier alpha value is -2.47. The van der Waals surface area contributed by atoms with Crippen molar-refractivity contribution < 1.29 is 4.79 Å². The monoisotopic (exact) mass is 365 g/mol. The van der Waals surface area contributed by atoms with E-state index in [0.29, 0.717) is 5.41 Å². The molecule has 4 rings (SSSR count). The number of hydrogen-bond acceptors (Lipinski definition) is 5. The Bertz CT molecular complexity index is 796. The number of likely N-dealkylation sites (tertiary alicyclic amines) is 1. The number of nitrogens with zero attached hydrogens (tertiary/aromatic N) is 4. The highest BCUT2D eigenvalue weighted by atomic mass is 16.1. The molecule has 6 nitrogen and oxygen atoms in total. The lowest BCUT2D eigenvalue weighted by Gasteiger charge is -2.40. The van der Waals surface area contributed by atoms with Gasteiger partial charge in [-0.1, -0.05) is 30.3 Å². The molecule has 0 bridgehead atoms. The first kappa shape index (κ1) is 17.9. The maximum atomic E-state index is 11.4. The van der Waals surface area contributed by atoms with Crippen LogP contribution in [0.5, 0.6) is 0 Å². The van der Waals surface area contributed by atoms with Crippen molar-refractivity contribution >= 4 is 11.7 Å². The van der Waals surface area contributed by atoms with Gasteiger partial charge in [-0.15, -0.1) is 0 Å². The lowest BCUT2D eigenvalue weighted by atomic mass is 9.79. The van der Waals surface area contributed by atoms with Gasteiger partial charge in [-0.3, -0.25) is 9.78 Å². The van der Waals surface area contributed by atoms with Crippen LogP contribution in [-0.4, -0.2) is 53.5 Å². The maximum absolute atomic E-state index is 11.4. The highest BCUT2D eigenvalue weighted by molar-refractivity contribution is 5.90. The van der Waals surface area contributed by atoms with Gasteiger partial charge in [0.1, 0.15) is 11.5 Å². The molecule has 2 aliphatic heterocycles. The van der Waals surface area contributed by atoms with Crippen molar-refractivity contribution in [1.82, 2.24) is 14.9 Å². The first-order chi connectivity index (χ1) is 13.1. The Kier molecular flexibility index (Phi) is 5.07. The van der Waals surface area contributed by atoms with Crippen molar-refractivity contribution in [3.63, 3.8) is 0 Å². The van der Waals surface area contributed by atoms with E-state index in [9.17, 15) is 4.79 Å². The number of aromatic nitrogens is 2. The van der Waals surface area contributed by atoms with Crippen molar-refractivity contribution in [2.75, 3.05) is 37.6 Å². The highest BCUT2D eigenvalue weighted by Gasteiger charge is 2.41. The van der Waals surface area contributed by atoms with Gasteiger partial charge in [-0.2, -0.15) is 0 Å². The predicted molar refractivity (Wildman–Crippen MR) is 106 cm³/mol. The summed E-state index contributed by atoms with van der Waals surface area (Å²) < 4.78 is 0. The maximum Gasteiger partial charge on any atom is 0.268 e. The predicted octanol–water partition coefficient (Wildman–Crippen LogP) is 2.11. The molecule has 1 aromatic heterocycles. The number of nitrogens with two attached hydrogens (primary N) is 1. The van der Waals surface area contributed by atoms with Gasteiger partial charge in [0.05, 0.1) is 12.4 Å². The average Bonchev–Trinajstić information content (AvgIpc) is 3.10. The molecular formula is C21H27N5O. The topological polar surface area (TPSA) is 75.4 Å². The van der Waals surface area contributed by atoms with Gasteiger partial charge in [0.25, 0.3) is 5.91 Å². The second kappa shape index (κ2) is 7.64. The summed E-state index contributed by atoms with van der Waals surface area (Å²) in [5.41, 5.74) is 7.31. The largest absolute Gasteiger partial charge is 0.364 e. The van der Waals surface area contributed by atoms with E-state index < -0.39 is 5.91 Å². The second-order valence-corrected chi connectivity index (χ2v) is 7.91. The minimum Gasteiger partial charge on any atom is -0.364 e. The van der Waals surface area contributed by atoms with E-state index in [4.69, 9.17) is 5.73 Å². The fourth-order valence-electron chi connectivity index (χ4n) is 4.52. The zero-order chi connectivity index (χ0) is 18.7. The van der Waals surface area contributed by atoms with Crippen LogP contribution >= 0.6 is 0 Å².